The summed E-state index contributed by atoms with van der Waals surface area (Å²) in [6.07, 6.45) is 4.34. The van der Waals surface area contributed by atoms with Crippen LogP contribution in [0.5, 0.6) is 5.75 Å². The third-order valence-electron chi connectivity index (χ3n) is 2.45. The van der Waals surface area contributed by atoms with Gasteiger partial charge in [0.25, 0.3) is 0 Å². The zero-order valence-corrected chi connectivity index (χ0v) is 11.5. The van der Waals surface area contributed by atoms with Crippen molar-refractivity contribution >= 4 is 12.0 Å². The van der Waals surface area contributed by atoms with E-state index >= 15 is 0 Å². The number of rotatable bonds is 9. The molecule has 5 heteroatoms. The second-order valence-electron chi connectivity index (χ2n) is 4.21. The van der Waals surface area contributed by atoms with Gasteiger partial charge in [0.15, 0.2) is 0 Å². The van der Waals surface area contributed by atoms with Gasteiger partial charge in [-0.25, -0.2) is 9.18 Å². The predicted octanol–water partition coefficient (Wildman–Crippen LogP) is 3.12. The summed E-state index contributed by atoms with van der Waals surface area (Å²) in [6.45, 7) is 3.54. The molecule has 0 aliphatic carbocycles. The van der Waals surface area contributed by atoms with E-state index in [0.29, 0.717) is 31.1 Å². The number of carbonyl (C=O) groups is 1. The largest absolute Gasteiger partial charge is 0.491 e. The molecule has 0 saturated carbocycles. The number of hydrogen-bond donors (Lipinski definition) is 1. The van der Waals surface area contributed by atoms with Crippen molar-refractivity contribution in [2.75, 3.05) is 19.8 Å². The lowest BCUT2D eigenvalue weighted by Crippen LogP contribution is -2.07. The van der Waals surface area contributed by atoms with E-state index < -0.39 is 11.8 Å². The summed E-state index contributed by atoms with van der Waals surface area (Å²) in [6, 6.07) is 4.07. The topological polar surface area (TPSA) is 55.8 Å². The van der Waals surface area contributed by atoms with Crippen molar-refractivity contribution in [3.8, 4) is 5.75 Å². The van der Waals surface area contributed by atoms with E-state index in [1.54, 1.807) is 6.07 Å². The first kappa shape index (κ1) is 16.2. The number of aliphatic carboxylic acids is 1. The molecule has 1 aromatic carbocycles. The molecule has 1 rings (SSSR count). The Balaban J connectivity index is 2.47. The van der Waals surface area contributed by atoms with Gasteiger partial charge in [0.05, 0.1) is 6.61 Å². The van der Waals surface area contributed by atoms with Gasteiger partial charge in [0, 0.05) is 18.7 Å². The molecule has 1 aromatic rings. The molecule has 20 heavy (non-hydrogen) atoms. The van der Waals surface area contributed by atoms with E-state index in [9.17, 15) is 9.18 Å². The maximum Gasteiger partial charge on any atom is 0.328 e. The number of benzene rings is 1. The molecule has 0 fully saturated rings. The van der Waals surface area contributed by atoms with Gasteiger partial charge < -0.3 is 14.6 Å². The van der Waals surface area contributed by atoms with E-state index in [2.05, 4.69) is 6.92 Å². The first-order valence-electron chi connectivity index (χ1n) is 6.54. The van der Waals surface area contributed by atoms with Crippen molar-refractivity contribution < 1.29 is 23.8 Å². The van der Waals surface area contributed by atoms with E-state index in [-0.39, 0.29) is 0 Å². The molecule has 0 aliphatic rings. The van der Waals surface area contributed by atoms with Crippen molar-refractivity contribution in [2.24, 2.45) is 0 Å². The predicted molar refractivity (Wildman–Crippen MR) is 74.3 cm³/mol. The Morgan fingerprint density at radius 3 is 2.80 bits per heavy atom. The molecule has 0 aliphatic heterocycles. The van der Waals surface area contributed by atoms with Crippen molar-refractivity contribution in [1.29, 1.82) is 0 Å². The van der Waals surface area contributed by atoms with E-state index in [1.165, 1.54) is 18.2 Å². The summed E-state index contributed by atoms with van der Waals surface area (Å²) >= 11 is 0. The average molecular weight is 282 g/mol. The standard InChI is InChI=1S/C15H19FO4/c1-2-3-6-19-7-8-20-14-10-12(4-5-15(17)18)9-13(16)11-14/h4-5,9-11H,2-3,6-8H2,1H3,(H,17,18)/b5-4+. The van der Waals surface area contributed by atoms with E-state index in [4.69, 9.17) is 14.6 Å². The average Bonchev–Trinajstić information content (AvgIpc) is 2.40. The second kappa shape index (κ2) is 9.09. The monoisotopic (exact) mass is 282 g/mol. The Morgan fingerprint density at radius 2 is 2.10 bits per heavy atom. The molecule has 0 unspecified atom stereocenters. The molecule has 0 atom stereocenters. The minimum Gasteiger partial charge on any atom is -0.491 e. The highest BCUT2D eigenvalue weighted by atomic mass is 19.1. The molecular weight excluding hydrogens is 263 g/mol. The van der Waals surface area contributed by atoms with Crippen molar-refractivity contribution in [3.05, 3.63) is 35.7 Å². The third-order valence-corrected chi connectivity index (χ3v) is 2.45. The highest BCUT2D eigenvalue weighted by Crippen LogP contribution is 2.17. The van der Waals surface area contributed by atoms with Crippen molar-refractivity contribution in [1.82, 2.24) is 0 Å². The molecule has 0 spiro atoms. The molecule has 0 aromatic heterocycles. The molecule has 0 radical (unpaired) electrons. The summed E-state index contributed by atoms with van der Waals surface area (Å²) in [5.74, 6) is -1.20. The summed E-state index contributed by atoms with van der Waals surface area (Å²) in [5, 5.41) is 8.53. The number of unbranched alkanes of at least 4 members (excludes halogenated alkanes) is 1. The minimum absolute atomic E-state index is 0.329. The van der Waals surface area contributed by atoms with Gasteiger partial charge in [0.2, 0.25) is 0 Å². The van der Waals surface area contributed by atoms with Crippen molar-refractivity contribution in [2.45, 2.75) is 19.8 Å². The highest BCUT2D eigenvalue weighted by Gasteiger charge is 2.01. The molecular formula is C15H19FO4. The SMILES string of the molecule is CCCCOCCOc1cc(F)cc(/C=C/C(=O)O)c1. The highest BCUT2D eigenvalue weighted by molar-refractivity contribution is 5.85. The Kier molecular flexibility index (Phi) is 7.35. The summed E-state index contributed by atoms with van der Waals surface area (Å²) in [7, 11) is 0. The normalized spacial score (nSPS) is 10.9. The molecule has 4 nitrogen and oxygen atoms in total. The fourth-order valence-electron chi connectivity index (χ4n) is 1.50. The van der Waals surface area contributed by atoms with Gasteiger partial charge in [-0.1, -0.05) is 13.3 Å². The zero-order chi connectivity index (χ0) is 14.8. The smallest absolute Gasteiger partial charge is 0.328 e. The quantitative estimate of drug-likeness (QED) is 0.558. The van der Waals surface area contributed by atoms with Crippen LogP contribution in [0, 0.1) is 5.82 Å². The van der Waals surface area contributed by atoms with Crippen molar-refractivity contribution in [3.63, 3.8) is 0 Å². The molecule has 0 amide bonds. The van der Waals surface area contributed by atoms with Gasteiger partial charge in [-0.15, -0.1) is 0 Å². The van der Waals surface area contributed by atoms with Crippen LogP contribution in [0.1, 0.15) is 25.3 Å². The van der Waals surface area contributed by atoms with Crippen LogP contribution in [0.2, 0.25) is 0 Å². The van der Waals surface area contributed by atoms with Gasteiger partial charge in [-0.05, 0) is 30.2 Å². The van der Waals surface area contributed by atoms with Crippen LogP contribution in [-0.2, 0) is 9.53 Å². The zero-order valence-electron chi connectivity index (χ0n) is 11.5. The van der Waals surface area contributed by atoms with Crippen LogP contribution in [0.3, 0.4) is 0 Å². The lowest BCUT2D eigenvalue weighted by atomic mass is 10.2. The fraction of sp³-hybridized carbons (Fsp3) is 0.400. The number of hydrogen-bond acceptors (Lipinski definition) is 3. The lowest BCUT2D eigenvalue weighted by molar-refractivity contribution is -0.131. The number of carboxylic acid groups (broad SMARTS) is 1. The number of halogens is 1. The summed E-state index contributed by atoms with van der Waals surface area (Å²) in [5.41, 5.74) is 0.439. The fourth-order valence-corrected chi connectivity index (χ4v) is 1.50. The van der Waals surface area contributed by atoms with Gasteiger partial charge >= 0.3 is 5.97 Å². The number of ether oxygens (including phenoxy) is 2. The Hall–Kier alpha value is -1.88. The molecule has 0 saturated heterocycles. The Labute approximate surface area is 117 Å². The van der Waals surface area contributed by atoms with Gasteiger partial charge in [-0.3, -0.25) is 0 Å². The van der Waals surface area contributed by atoms with E-state index in [0.717, 1.165) is 18.9 Å². The van der Waals surface area contributed by atoms with E-state index in [1.807, 2.05) is 0 Å². The third kappa shape index (κ3) is 6.89. The maximum atomic E-state index is 13.3. The summed E-state index contributed by atoms with van der Waals surface area (Å²) < 4.78 is 24.0. The van der Waals surface area contributed by atoms with Crippen LogP contribution < -0.4 is 4.74 Å². The first-order chi connectivity index (χ1) is 9.61. The Morgan fingerprint density at radius 1 is 1.30 bits per heavy atom. The molecule has 110 valence electrons. The second-order valence-corrected chi connectivity index (χ2v) is 4.21. The first-order valence-corrected chi connectivity index (χ1v) is 6.54. The van der Waals surface area contributed by atoms with Gasteiger partial charge in [0.1, 0.15) is 18.2 Å². The Bertz CT molecular complexity index is 457. The lowest BCUT2D eigenvalue weighted by Gasteiger charge is -2.08. The maximum absolute atomic E-state index is 13.3. The molecule has 1 N–H and O–H groups in total. The van der Waals surface area contributed by atoms with Crippen LogP contribution in [0.25, 0.3) is 6.08 Å². The van der Waals surface area contributed by atoms with Crippen LogP contribution in [-0.4, -0.2) is 30.9 Å². The van der Waals surface area contributed by atoms with Crippen LogP contribution in [0.4, 0.5) is 4.39 Å². The van der Waals surface area contributed by atoms with Crippen LogP contribution in [0.15, 0.2) is 24.3 Å². The minimum atomic E-state index is -1.08. The molecule has 0 heterocycles. The van der Waals surface area contributed by atoms with Gasteiger partial charge in [-0.2, -0.15) is 0 Å². The van der Waals surface area contributed by atoms with Crippen LogP contribution >= 0.6 is 0 Å². The molecule has 0 bridgehead atoms. The summed E-state index contributed by atoms with van der Waals surface area (Å²) in [4.78, 5) is 10.4. The number of carboxylic acids is 1.